The zero-order valence-electron chi connectivity index (χ0n) is 7.37. The number of nitrogens with zero attached hydrogens (tertiary/aromatic N) is 1. The first-order valence-electron chi connectivity index (χ1n) is 4.31. The van der Waals surface area contributed by atoms with E-state index in [0.29, 0.717) is 13.0 Å². The van der Waals surface area contributed by atoms with Gasteiger partial charge in [-0.05, 0) is 6.42 Å². The molecule has 1 aromatic rings. The summed E-state index contributed by atoms with van der Waals surface area (Å²) < 4.78 is 0. The third-order valence-electron chi connectivity index (χ3n) is 2.16. The summed E-state index contributed by atoms with van der Waals surface area (Å²) in [5, 5.41) is 4.33. The summed E-state index contributed by atoms with van der Waals surface area (Å²) in [7, 11) is 0. The number of H-pyrrole nitrogens is 2. The molecule has 2 N–H and O–H groups in total. The van der Waals surface area contributed by atoms with Crippen molar-refractivity contribution in [3.8, 4) is 0 Å². The molecule has 14 heavy (non-hydrogen) atoms. The van der Waals surface area contributed by atoms with Crippen molar-refractivity contribution in [2.75, 3.05) is 11.4 Å². The highest BCUT2D eigenvalue weighted by atomic mass is 16.2. The number of hydrogen-bond acceptors (Lipinski definition) is 3. The smallest absolute Gasteiger partial charge is 0.286 e. The van der Waals surface area contributed by atoms with Gasteiger partial charge >= 0.3 is 0 Å². The zero-order valence-corrected chi connectivity index (χ0v) is 7.37. The second-order valence-electron chi connectivity index (χ2n) is 3.12. The van der Waals surface area contributed by atoms with Crippen molar-refractivity contribution in [2.24, 2.45) is 0 Å². The van der Waals surface area contributed by atoms with Crippen LogP contribution in [0.1, 0.15) is 12.8 Å². The minimum absolute atomic E-state index is 0.110. The summed E-state index contributed by atoms with van der Waals surface area (Å²) in [4.78, 5) is 34.9. The van der Waals surface area contributed by atoms with E-state index >= 15 is 0 Å². The first-order chi connectivity index (χ1) is 6.68. The van der Waals surface area contributed by atoms with E-state index in [0.717, 1.165) is 12.5 Å². The molecule has 74 valence electrons. The predicted octanol–water partition coefficient (Wildman–Crippen LogP) is -0.810. The van der Waals surface area contributed by atoms with Crippen molar-refractivity contribution in [3.05, 3.63) is 26.8 Å². The molecule has 0 bridgehead atoms. The lowest BCUT2D eigenvalue weighted by molar-refractivity contribution is -0.117. The van der Waals surface area contributed by atoms with Crippen LogP contribution in [-0.2, 0) is 4.79 Å². The van der Waals surface area contributed by atoms with E-state index in [1.807, 2.05) is 0 Å². The molecule has 0 aromatic carbocycles. The number of nitrogens with one attached hydrogen (secondary N) is 2. The lowest BCUT2D eigenvalue weighted by Crippen LogP contribution is -2.32. The summed E-state index contributed by atoms with van der Waals surface area (Å²) >= 11 is 0. The number of amides is 1. The average molecular weight is 195 g/mol. The van der Waals surface area contributed by atoms with Crippen LogP contribution < -0.4 is 16.0 Å². The molecular formula is C8H9N3O3. The highest BCUT2D eigenvalue weighted by Gasteiger charge is 2.23. The minimum Gasteiger partial charge on any atom is -0.307 e. The maximum absolute atomic E-state index is 11.3. The van der Waals surface area contributed by atoms with Crippen LogP contribution in [0.15, 0.2) is 15.7 Å². The molecule has 6 heteroatoms. The standard InChI is InChI=1S/C8H9N3O3/c12-6-4-5(8(14)10-9-6)11-3-1-2-7(11)13/h4H,1-3H2,(H,9,12)(H,10,14). The zero-order chi connectivity index (χ0) is 10.1. The van der Waals surface area contributed by atoms with Gasteiger partial charge in [0.2, 0.25) is 5.91 Å². The van der Waals surface area contributed by atoms with Crippen molar-refractivity contribution < 1.29 is 4.79 Å². The Balaban J connectivity index is 2.50. The van der Waals surface area contributed by atoms with Gasteiger partial charge in [0, 0.05) is 19.0 Å². The van der Waals surface area contributed by atoms with Crippen LogP contribution in [-0.4, -0.2) is 22.6 Å². The van der Waals surface area contributed by atoms with Gasteiger partial charge in [0.15, 0.2) is 0 Å². The van der Waals surface area contributed by atoms with Crippen molar-refractivity contribution in [1.82, 2.24) is 10.2 Å². The van der Waals surface area contributed by atoms with Gasteiger partial charge in [-0.3, -0.25) is 24.6 Å². The number of carbonyl (C=O) groups is 1. The summed E-state index contributed by atoms with van der Waals surface area (Å²) in [6.45, 7) is 0.505. The lowest BCUT2D eigenvalue weighted by Gasteiger charge is -2.12. The fraction of sp³-hybridized carbons (Fsp3) is 0.375. The SMILES string of the molecule is O=C1CCCN1c1cc(=O)[nH][nH]c1=O. The van der Waals surface area contributed by atoms with Crippen LogP contribution in [0, 0.1) is 0 Å². The van der Waals surface area contributed by atoms with Gasteiger partial charge in [0.05, 0.1) is 0 Å². The Kier molecular flexibility index (Phi) is 1.95. The van der Waals surface area contributed by atoms with Crippen LogP contribution in [0.3, 0.4) is 0 Å². The van der Waals surface area contributed by atoms with E-state index in [1.54, 1.807) is 0 Å². The number of anilines is 1. The number of hydrogen-bond donors (Lipinski definition) is 2. The van der Waals surface area contributed by atoms with Gasteiger partial charge in [-0.15, -0.1) is 0 Å². The molecule has 0 unspecified atom stereocenters. The number of rotatable bonds is 1. The van der Waals surface area contributed by atoms with Crippen LogP contribution >= 0.6 is 0 Å². The molecule has 1 aliphatic heterocycles. The second kappa shape index (κ2) is 3.13. The minimum atomic E-state index is -0.445. The van der Waals surface area contributed by atoms with Crippen LogP contribution in [0.2, 0.25) is 0 Å². The summed E-state index contributed by atoms with van der Waals surface area (Å²) in [5.41, 5.74) is -0.726. The van der Waals surface area contributed by atoms with Crippen molar-refractivity contribution >= 4 is 11.6 Å². The van der Waals surface area contributed by atoms with Gasteiger partial charge in [-0.1, -0.05) is 0 Å². The molecule has 0 atom stereocenters. The largest absolute Gasteiger partial charge is 0.307 e. The molecule has 6 nitrogen and oxygen atoms in total. The number of carbonyl (C=O) groups excluding carboxylic acids is 1. The maximum atomic E-state index is 11.3. The highest BCUT2D eigenvalue weighted by Crippen LogP contribution is 2.15. The second-order valence-corrected chi connectivity index (χ2v) is 3.12. The predicted molar refractivity (Wildman–Crippen MR) is 49.3 cm³/mol. The third kappa shape index (κ3) is 1.34. The Hall–Kier alpha value is -1.85. The molecule has 0 saturated carbocycles. The Morgan fingerprint density at radius 3 is 2.64 bits per heavy atom. The van der Waals surface area contributed by atoms with Gasteiger partial charge in [-0.25, -0.2) is 0 Å². The van der Waals surface area contributed by atoms with E-state index in [4.69, 9.17) is 0 Å². The molecule has 1 amide bonds. The first kappa shape index (κ1) is 8.74. The van der Waals surface area contributed by atoms with Gasteiger partial charge in [-0.2, -0.15) is 0 Å². The van der Waals surface area contributed by atoms with Crippen LogP contribution in [0.4, 0.5) is 5.69 Å². The van der Waals surface area contributed by atoms with Crippen molar-refractivity contribution in [2.45, 2.75) is 12.8 Å². The fourth-order valence-corrected chi connectivity index (χ4v) is 1.51. The normalized spacial score (nSPS) is 16.3. The van der Waals surface area contributed by atoms with E-state index in [9.17, 15) is 14.4 Å². The molecular weight excluding hydrogens is 186 g/mol. The summed E-state index contributed by atoms with van der Waals surface area (Å²) in [6.07, 6.45) is 1.16. The Morgan fingerprint density at radius 1 is 1.21 bits per heavy atom. The van der Waals surface area contributed by atoms with Crippen molar-refractivity contribution in [3.63, 3.8) is 0 Å². The third-order valence-corrected chi connectivity index (χ3v) is 2.16. The fourth-order valence-electron chi connectivity index (χ4n) is 1.51. The molecule has 2 rings (SSSR count). The number of aromatic nitrogens is 2. The molecule has 0 radical (unpaired) electrons. The topological polar surface area (TPSA) is 86.0 Å². The van der Waals surface area contributed by atoms with E-state index in [1.165, 1.54) is 4.90 Å². The Morgan fingerprint density at radius 2 is 2.00 bits per heavy atom. The average Bonchev–Trinajstić information content (AvgIpc) is 2.56. The summed E-state index contributed by atoms with van der Waals surface area (Å²) in [5.74, 6) is -0.110. The van der Waals surface area contributed by atoms with Gasteiger partial charge < -0.3 is 4.90 Å². The van der Waals surface area contributed by atoms with E-state index in [-0.39, 0.29) is 11.6 Å². The maximum Gasteiger partial charge on any atom is 0.286 e. The molecule has 1 fully saturated rings. The first-order valence-corrected chi connectivity index (χ1v) is 4.31. The van der Waals surface area contributed by atoms with E-state index < -0.39 is 11.1 Å². The molecule has 1 aliphatic rings. The Labute approximate surface area is 78.5 Å². The van der Waals surface area contributed by atoms with Gasteiger partial charge in [0.1, 0.15) is 5.69 Å². The van der Waals surface area contributed by atoms with Crippen LogP contribution in [0.25, 0.3) is 0 Å². The molecule has 1 saturated heterocycles. The molecule has 0 spiro atoms. The molecule has 1 aromatic heterocycles. The molecule has 0 aliphatic carbocycles. The number of aromatic amines is 2. The quantitative estimate of drug-likeness (QED) is 0.614. The molecule has 2 heterocycles. The highest BCUT2D eigenvalue weighted by molar-refractivity contribution is 5.94. The monoisotopic (exact) mass is 195 g/mol. The van der Waals surface area contributed by atoms with Crippen LogP contribution in [0.5, 0.6) is 0 Å². The Bertz CT molecular complexity index is 473. The van der Waals surface area contributed by atoms with E-state index in [2.05, 4.69) is 10.2 Å². The van der Waals surface area contributed by atoms with Crippen molar-refractivity contribution in [1.29, 1.82) is 0 Å². The van der Waals surface area contributed by atoms with Gasteiger partial charge in [0.25, 0.3) is 11.1 Å². The lowest BCUT2D eigenvalue weighted by atomic mass is 10.4. The summed E-state index contributed by atoms with van der Waals surface area (Å²) in [6, 6.07) is 1.14.